The fourth-order valence-electron chi connectivity index (χ4n) is 3.15. The Balaban J connectivity index is 1.90. The summed E-state index contributed by atoms with van der Waals surface area (Å²) in [5, 5.41) is 3.24. The minimum atomic E-state index is 0.505. The first-order valence-corrected chi connectivity index (χ1v) is 8.26. The number of rotatable bonds is 4. The lowest BCUT2D eigenvalue weighted by Gasteiger charge is -2.36. The molecule has 1 fully saturated rings. The van der Waals surface area contributed by atoms with Crippen LogP contribution in [0.4, 0.5) is 23.1 Å². The summed E-state index contributed by atoms with van der Waals surface area (Å²) < 4.78 is 0. The van der Waals surface area contributed by atoms with E-state index in [4.69, 9.17) is 5.73 Å². The zero-order valence-electron chi connectivity index (χ0n) is 13.8. The third-order valence-corrected chi connectivity index (χ3v) is 4.48. The van der Waals surface area contributed by atoms with Crippen LogP contribution < -0.4 is 16.0 Å². The summed E-state index contributed by atoms with van der Waals surface area (Å²) in [5.41, 5.74) is 8.02. The monoisotopic (exact) mass is 312 g/mol. The van der Waals surface area contributed by atoms with Gasteiger partial charge in [-0.3, -0.25) is 0 Å². The highest BCUT2D eigenvalue weighted by atomic mass is 15.2. The molecule has 23 heavy (non-hydrogen) atoms. The molecule has 3 heterocycles. The van der Waals surface area contributed by atoms with Crippen molar-refractivity contribution < 1.29 is 0 Å². The van der Waals surface area contributed by atoms with Gasteiger partial charge >= 0.3 is 0 Å². The normalized spacial score (nSPS) is 18.0. The number of aryl methyl sites for hydroxylation is 1. The van der Waals surface area contributed by atoms with Crippen LogP contribution in [0.25, 0.3) is 0 Å². The Morgan fingerprint density at radius 3 is 2.91 bits per heavy atom. The van der Waals surface area contributed by atoms with Gasteiger partial charge < -0.3 is 16.0 Å². The maximum Gasteiger partial charge on any atom is 0.160 e. The SMILES string of the molecule is CCC1CCCCN1c1ncnc(Nc2ncccc2C)c1N. The van der Waals surface area contributed by atoms with E-state index in [2.05, 4.69) is 32.1 Å². The van der Waals surface area contributed by atoms with Crippen molar-refractivity contribution in [2.75, 3.05) is 22.5 Å². The van der Waals surface area contributed by atoms with Crippen LogP contribution >= 0.6 is 0 Å². The summed E-state index contributed by atoms with van der Waals surface area (Å²) in [7, 11) is 0. The summed E-state index contributed by atoms with van der Waals surface area (Å²) in [6, 6.07) is 4.42. The molecule has 122 valence electrons. The molecule has 6 heteroatoms. The van der Waals surface area contributed by atoms with Crippen molar-refractivity contribution in [3.05, 3.63) is 30.2 Å². The quantitative estimate of drug-likeness (QED) is 0.902. The predicted molar refractivity (Wildman–Crippen MR) is 94.0 cm³/mol. The third kappa shape index (κ3) is 3.21. The van der Waals surface area contributed by atoms with E-state index in [1.165, 1.54) is 19.3 Å². The molecular formula is C17H24N6. The van der Waals surface area contributed by atoms with E-state index >= 15 is 0 Å². The minimum absolute atomic E-state index is 0.505. The highest BCUT2D eigenvalue weighted by molar-refractivity contribution is 5.78. The Morgan fingerprint density at radius 2 is 2.13 bits per heavy atom. The fraction of sp³-hybridized carbons (Fsp3) is 0.471. The van der Waals surface area contributed by atoms with E-state index in [1.807, 2.05) is 19.1 Å². The number of nitrogens with two attached hydrogens (primary N) is 1. The van der Waals surface area contributed by atoms with Crippen molar-refractivity contribution in [1.29, 1.82) is 0 Å². The zero-order chi connectivity index (χ0) is 16.2. The molecule has 0 amide bonds. The molecule has 0 bridgehead atoms. The van der Waals surface area contributed by atoms with E-state index in [0.29, 0.717) is 17.5 Å². The number of nitrogens with zero attached hydrogens (tertiary/aromatic N) is 4. The molecule has 0 spiro atoms. The zero-order valence-corrected chi connectivity index (χ0v) is 13.8. The lowest BCUT2D eigenvalue weighted by atomic mass is 10.00. The molecule has 1 atom stereocenters. The van der Waals surface area contributed by atoms with Gasteiger partial charge in [0.1, 0.15) is 17.8 Å². The number of anilines is 4. The summed E-state index contributed by atoms with van der Waals surface area (Å²) in [6.45, 7) is 5.23. The van der Waals surface area contributed by atoms with Crippen LogP contribution in [0.15, 0.2) is 24.7 Å². The summed E-state index contributed by atoms with van der Waals surface area (Å²) in [6.07, 6.45) is 8.09. The van der Waals surface area contributed by atoms with Gasteiger partial charge in [0.25, 0.3) is 0 Å². The lowest BCUT2D eigenvalue weighted by molar-refractivity contribution is 0.447. The molecule has 3 N–H and O–H groups in total. The van der Waals surface area contributed by atoms with Crippen LogP contribution in [0.5, 0.6) is 0 Å². The number of aromatic nitrogens is 3. The molecule has 2 aromatic heterocycles. The smallest absolute Gasteiger partial charge is 0.160 e. The Hall–Kier alpha value is -2.37. The second kappa shape index (κ2) is 6.81. The van der Waals surface area contributed by atoms with Crippen molar-refractivity contribution in [1.82, 2.24) is 15.0 Å². The molecule has 0 aromatic carbocycles. The Labute approximate surface area is 137 Å². The second-order valence-electron chi connectivity index (χ2n) is 6.00. The van der Waals surface area contributed by atoms with Gasteiger partial charge in [-0.1, -0.05) is 13.0 Å². The molecule has 2 aromatic rings. The summed E-state index contributed by atoms with van der Waals surface area (Å²) in [4.78, 5) is 15.4. The van der Waals surface area contributed by atoms with Gasteiger partial charge in [0.05, 0.1) is 0 Å². The minimum Gasteiger partial charge on any atom is -0.393 e. The molecule has 0 aliphatic carbocycles. The van der Waals surface area contributed by atoms with Gasteiger partial charge in [0, 0.05) is 18.8 Å². The largest absolute Gasteiger partial charge is 0.393 e. The first-order chi connectivity index (χ1) is 11.2. The molecule has 0 saturated carbocycles. The van der Waals surface area contributed by atoms with Crippen molar-refractivity contribution in [3.63, 3.8) is 0 Å². The highest BCUT2D eigenvalue weighted by Crippen LogP contribution is 2.33. The maximum absolute atomic E-state index is 6.37. The van der Waals surface area contributed by atoms with Crippen molar-refractivity contribution in [3.8, 4) is 0 Å². The van der Waals surface area contributed by atoms with Crippen molar-refractivity contribution in [2.24, 2.45) is 0 Å². The van der Waals surface area contributed by atoms with Gasteiger partial charge in [-0.15, -0.1) is 0 Å². The Bertz CT molecular complexity index is 672. The van der Waals surface area contributed by atoms with Crippen LogP contribution in [-0.2, 0) is 0 Å². The van der Waals surface area contributed by atoms with E-state index in [9.17, 15) is 0 Å². The summed E-state index contributed by atoms with van der Waals surface area (Å²) in [5.74, 6) is 2.23. The molecule has 1 aliphatic heterocycles. The predicted octanol–water partition coefficient (Wildman–Crippen LogP) is 3.27. The number of nitrogens with one attached hydrogen (secondary N) is 1. The summed E-state index contributed by atoms with van der Waals surface area (Å²) >= 11 is 0. The topological polar surface area (TPSA) is 80.0 Å². The molecule has 1 unspecified atom stereocenters. The average molecular weight is 312 g/mol. The highest BCUT2D eigenvalue weighted by Gasteiger charge is 2.25. The Kier molecular flexibility index (Phi) is 4.60. The van der Waals surface area contributed by atoms with Crippen LogP contribution in [0.3, 0.4) is 0 Å². The number of hydrogen-bond donors (Lipinski definition) is 2. The standard InChI is InChI=1S/C17H24N6/c1-3-13-8-4-5-10-23(13)17-14(18)16(20-11-21-17)22-15-12(2)7-6-9-19-15/h6-7,9,11,13H,3-5,8,10,18H2,1-2H3,(H,19,20,21,22). The van der Waals surface area contributed by atoms with E-state index in [-0.39, 0.29) is 0 Å². The van der Waals surface area contributed by atoms with Gasteiger partial charge in [-0.2, -0.15) is 0 Å². The third-order valence-electron chi connectivity index (χ3n) is 4.48. The molecule has 6 nitrogen and oxygen atoms in total. The average Bonchev–Trinajstić information content (AvgIpc) is 2.58. The van der Waals surface area contributed by atoms with Crippen LogP contribution in [0.1, 0.15) is 38.2 Å². The van der Waals surface area contributed by atoms with Crippen molar-refractivity contribution in [2.45, 2.75) is 45.6 Å². The number of hydrogen-bond acceptors (Lipinski definition) is 6. The van der Waals surface area contributed by atoms with Gasteiger partial charge in [-0.05, 0) is 44.2 Å². The fourth-order valence-corrected chi connectivity index (χ4v) is 3.15. The number of piperidine rings is 1. The van der Waals surface area contributed by atoms with Crippen LogP contribution in [0.2, 0.25) is 0 Å². The molecule has 3 rings (SSSR count). The van der Waals surface area contributed by atoms with Crippen molar-refractivity contribution >= 4 is 23.1 Å². The molecule has 1 saturated heterocycles. The van der Waals surface area contributed by atoms with E-state index in [1.54, 1.807) is 12.5 Å². The second-order valence-corrected chi connectivity index (χ2v) is 6.00. The van der Waals surface area contributed by atoms with Crippen LogP contribution in [0, 0.1) is 6.92 Å². The lowest BCUT2D eigenvalue weighted by Crippen LogP contribution is -2.40. The number of nitrogen functional groups attached to an aromatic ring is 1. The van der Waals surface area contributed by atoms with E-state index in [0.717, 1.165) is 30.2 Å². The van der Waals surface area contributed by atoms with E-state index < -0.39 is 0 Å². The molecular weight excluding hydrogens is 288 g/mol. The first kappa shape index (κ1) is 15.5. The Morgan fingerprint density at radius 1 is 1.26 bits per heavy atom. The molecule has 1 aliphatic rings. The van der Waals surface area contributed by atoms with Gasteiger partial charge in [0.2, 0.25) is 0 Å². The first-order valence-electron chi connectivity index (χ1n) is 8.26. The molecule has 0 radical (unpaired) electrons. The number of pyridine rings is 1. The van der Waals surface area contributed by atoms with Crippen LogP contribution in [-0.4, -0.2) is 27.5 Å². The van der Waals surface area contributed by atoms with Gasteiger partial charge in [-0.25, -0.2) is 15.0 Å². The van der Waals surface area contributed by atoms with Gasteiger partial charge in [0.15, 0.2) is 11.6 Å². The maximum atomic E-state index is 6.37.